The van der Waals surface area contributed by atoms with E-state index in [0.717, 1.165) is 0 Å². The second-order valence-electron chi connectivity index (χ2n) is 7.99. The SMILES string of the molecule is O=C1[C@H](Oc2ccc(OCC(F)(F)F)nc2)CCN1c1cnc(N2CC(n3cn[nH]c3=O)C2)nc1. The number of halogens is 3. The number of nitrogens with zero attached hydrogens (tertiary/aromatic N) is 7. The molecule has 2 aliphatic heterocycles. The minimum absolute atomic E-state index is 0.0117. The molecule has 35 heavy (non-hydrogen) atoms. The minimum atomic E-state index is -4.46. The number of nitrogens with one attached hydrogen (secondary N) is 1. The topological polar surface area (TPSA) is 131 Å². The maximum absolute atomic E-state index is 12.8. The lowest BCUT2D eigenvalue weighted by atomic mass is 10.1. The van der Waals surface area contributed by atoms with Gasteiger partial charge in [-0.2, -0.15) is 18.3 Å². The van der Waals surface area contributed by atoms with Crippen LogP contribution in [0.5, 0.6) is 11.6 Å². The summed E-state index contributed by atoms with van der Waals surface area (Å²) in [7, 11) is 0. The van der Waals surface area contributed by atoms with Crippen LogP contribution in [0.15, 0.2) is 41.8 Å². The fraction of sp³-hybridized carbons (Fsp3) is 0.400. The quantitative estimate of drug-likeness (QED) is 0.512. The van der Waals surface area contributed by atoms with E-state index >= 15 is 0 Å². The fourth-order valence-electron chi connectivity index (χ4n) is 3.79. The molecule has 1 amide bonds. The van der Waals surface area contributed by atoms with E-state index < -0.39 is 18.9 Å². The fourth-order valence-corrected chi connectivity index (χ4v) is 3.79. The zero-order valence-electron chi connectivity index (χ0n) is 18.1. The molecule has 0 unspecified atom stereocenters. The number of pyridine rings is 1. The lowest BCUT2D eigenvalue weighted by Gasteiger charge is -2.39. The van der Waals surface area contributed by atoms with E-state index in [0.29, 0.717) is 37.7 Å². The highest BCUT2D eigenvalue weighted by Crippen LogP contribution is 2.27. The first-order valence-corrected chi connectivity index (χ1v) is 10.6. The predicted molar refractivity (Wildman–Crippen MR) is 113 cm³/mol. The van der Waals surface area contributed by atoms with Gasteiger partial charge in [0, 0.05) is 32.1 Å². The number of ether oxygens (including phenoxy) is 2. The maximum Gasteiger partial charge on any atom is 0.422 e. The van der Waals surface area contributed by atoms with Crippen molar-refractivity contribution in [2.75, 3.05) is 36.0 Å². The van der Waals surface area contributed by atoms with Gasteiger partial charge in [0.15, 0.2) is 12.7 Å². The number of hydrogen-bond donors (Lipinski definition) is 1. The largest absolute Gasteiger partial charge is 0.479 e. The van der Waals surface area contributed by atoms with Crippen molar-refractivity contribution in [3.05, 3.63) is 47.5 Å². The van der Waals surface area contributed by atoms with Gasteiger partial charge in [-0.15, -0.1) is 0 Å². The lowest BCUT2D eigenvalue weighted by Crippen LogP contribution is -2.50. The van der Waals surface area contributed by atoms with Gasteiger partial charge >= 0.3 is 11.9 Å². The van der Waals surface area contributed by atoms with Gasteiger partial charge in [-0.1, -0.05) is 0 Å². The van der Waals surface area contributed by atoms with Gasteiger partial charge in [-0.3, -0.25) is 9.36 Å². The summed E-state index contributed by atoms with van der Waals surface area (Å²) in [4.78, 5) is 40.3. The van der Waals surface area contributed by atoms with Crippen molar-refractivity contribution in [1.82, 2.24) is 29.7 Å². The number of anilines is 2. The second kappa shape index (κ2) is 8.88. The van der Waals surface area contributed by atoms with Crippen LogP contribution in [0.3, 0.4) is 0 Å². The van der Waals surface area contributed by atoms with Gasteiger partial charge in [0.25, 0.3) is 5.91 Å². The number of aromatic amines is 1. The Balaban J connectivity index is 1.15. The molecule has 2 saturated heterocycles. The van der Waals surface area contributed by atoms with Gasteiger partial charge in [-0.25, -0.2) is 24.8 Å². The van der Waals surface area contributed by atoms with Crippen molar-refractivity contribution in [3.8, 4) is 11.6 Å². The first-order chi connectivity index (χ1) is 16.8. The number of carbonyl (C=O) groups excluding carboxylic acids is 1. The monoisotopic (exact) mass is 492 g/mol. The van der Waals surface area contributed by atoms with Crippen LogP contribution in [0.25, 0.3) is 0 Å². The normalized spacial score (nSPS) is 18.6. The van der Waals surface area contributed by atoms with E-state index in [9.17, 15) is 22.8 Å². The van der Waals surface area contributed by atoms with E-state index in [4.69, 9.17) is 4.74 Å². The Morgan fingerprint density at radius 2 is 1.86 bits per heavy atom. The summed E-state index contributed by atoms with van der Waals surface area (Å²) in [5, 5.41) is 6.08. The average molecular weight is 492 g/mol. The predicted octanol–water partition coefficient (Wildman–Crippen LogP) is 0.943. The van der Waals surface area contributed by atoms with Crippen LogP contribution < -0.4 is 25.0 Å². The lowest BCUT2D eigenvalue weighted by molar-refractivity contribution is -0.154. The summed E-state index contributed by atoms with van der Waals surface area (Å²) in [5.41, 5.74) is 0.249. The third kappa shape index (κ3) is 4.88. The highest BCUT2D eigenvalue weighted by Gasteiger charge is 2.36. The summed E-state index contributed by atoms with van der Waals surface area (Å²) >= 11 is 0. The number of H-pyrrole nitrogens is 1. The molecule has 5 rings (SSSR count). The molecule has 2 fully saturated rings. The Labute approximate surface area is 195 Å². The van der Waals surface area contributed by atoms with Crippen LogP contribution in [-0.2, 0) is 4.79 Å². The molecule has 0 saturated carbocycles. The second-order valence-corrected chi connectivity index (χ2v) is 7.99. The molecule has 1 atom stereocenters. The Morgan fingerprint density at radius 3 is 2.49 bits per heavy atom. The van der Waals surface area contributed by atoms with E-state index in [1.165, 1.54) is 34.1 Å². The summed E-state index contributed by atoms with van der Waals surface area (Å²) < 4.78 is 48.4. The van der Waals surface area contributed by atoms with Crippen molar-refractivity contribution < 1.29 is 27.4 Å². The van der Waals surface area contributed by atoms with E-state index in [1.54, 1.807) is 12.4 Å². The first-order valence-electron chi connectivity index (χ1n) is 10.6. The van der Waals surface area contributed by atoms with E-state index in [1.807, 2.05) is 4.90 Å². The molecule has 5 heterocycles. The molecule has 0 bridgehead atoms. The molecule has 0 radical (unpaired) electrons. The van der Waals surface area contributed by atoms with Crippen molar-refractivity contribution >= 4 is 17.5 Å². The zero-order chi connectivity index (χ0) is 24.6. The molecule has 12 nitrogen and oxygen atoms in total. The maximum atomic E-state index is 12.8. The molecule has 2 aliphatic rings. The molecule has 0 aliphatic carbocycles. The number of rotatable bonds is 7. The standard InChI is InChI=1S/C20H19F3N8O4/c21-20(22,23)10-34-16-2-1-14(7-24-16)35-15-3-4-30(17(15)32)12-5-25-18(26-6-12)29-8-13(9-29)31-11-27-28-19(31)33/h1-2,5-7,11,13,15H,3-4,8-10H2,(H,28,33)/t15-/m1/s1. The molecule has 0 aromatic carbocycles. The zero-order valence-corrected chi connectivity index (χ0v) is 18.1. The molecule has 3 aromatic heterocycles. The highest BCUT2D eigenvalue weighted by atomic mass is 19.4. The molecule has 0 spiro atoms. The minimum Gasteiger partial charge on any atom is -0.479 e. The van der Waals surface area contributed by atoms with Gasteiger partial charge in [-0.05, 0) is 6.07 Å². The summed E-state index contributed by atoms with van der Waals surface area (Å²) in [6.45, 7) is 0.0678. The average Bonchev–Trinajstić information content (AvgIpc) is 3.38. The highest BCUT2D eigenvalue weighted by molar-refractivity contribution is 5.98. The Kier molecular flexibility index (Phi) is 5.74. The van der Waals surface area contributed by atoms with E-state index in [-0.39, 0.29) is 29.3 Å². The smallest absolute Gasteiger partial charge is 0.422 e. The van der Waals surface area contributed by atoms with Gasteiger partial charge in [0.2, 0.25) is 11.8 Å². The van der Waals surface area contributed by atoms with E-state index in [2.05, 4.69) is 29.9 Å². The van der Waals surface area contributed by atoms with Gasteiger partial charge in [0.1, 0.15) is 12.1 Å². The Hall–Kier alpha value is -4.17. The van der Waals surface area contributed by atoms with Crippen LogP contribution in [-0.4, -0.2) is 74.1 Å². The number of carbonyl (C=O) groups is 1. The van der Waals surface area contributed by atoms with Crippen LogP contribution in [0.1, 0.15) is 12.5 Å². The number of amides is 1. The molecule has 15 heteroatoms. The number of alkyl halides is 3. The van der Waals surface area contributed by atoms with Gasteiger partial charge in [0.05, 0.1) is 30.3 Å². The molecule has 184 valence electrons. The molecular weight excluding hydrogens is 473 g/mol. The van der Waals surface area contributed by atoms with Crippen LogP contribution in [0.4, 0.5) is 24.8 Å². The number of hydrogen-bond acceptors (Lipinski definition) is 9. The van der Waals surface area contributed by atoms with Crippen molar-refractivity contribution in [2.24, 2.45) is 0 Å². The van der Waals surface area contributed by atoms with Crippen LogP contribution in [0.2, 0.25) is 0 Å². The number of aromatic nitrogens is 6. The third-order valence-corrected chi connectivity index (χ3v) is 5.58. The third-order valence-electron chi connectivity index (χ3n) is 5.58. The van der Waals surface area contributed by atoms with Crippen LogP contribution >= 0.6 is 0 Å². The molecule has 3 aromatic rings. The van der Waals surface area contributed by atoms with Gasteiger partial charge < -0.3 is 19.3 Å². The van der Waals surface area contributed by atoms with Crippen LogP contribution in [0, 0.1) is 0 Å². The molecular formula is C20H19F3N8O4. The summed E-state index contributed by atoms with van der Waals surface area (Å²) in [6, 6.07) is 2.63. The van der Waals surface area contributed by atoms with Crippen molar-refractivity contribution in [3.63, 3.8) is 0 Å². The Morgan fingerprint density at radius 1 is 1.09 bits per heavy atom. The van der Waals surface area contributed by atoms with Crippen molar-refractivity contribution in [1.29, 1.82) is 0 Å². The van der Waals surface area contributed by atoms with Crippen molar-refractivity contribution in [2.45, 2.75) is 24.7 Å². The summed E-state index contributed by atoms with van der Waals surface area (Å²) in [6.07, 6.45) is 0.929. The first kappa shape index (κ1) is 22.6. The molecule has 1 N–H and O–H groups in total. The summed E-state index contributed by atoms with van der Waals surface area (Å²) in [5.74, 6) is 0.235. The Bertz CT molecular complexity index is 1240.